The van der Waals surface area contributed by atoms with Crippen LogP contribution in [0, 0.1) is 5.92 Å². The summed E-state index contributed by atoms with van der Waals surface area (Å²) in [5.41, 5.74) is 4.76. The molecule has 0 bridgehead atoms. The first-order chi connectivity index (χ1) is 18.2. The molecule has 1 aliphatic heterocycles. The molecule has 0 spiro atoms. The molecule has 3 amide bonds. The van der Waals surface area contributed by atoms with Crippen molar-refractivity contribution in [3.8, 4) is 11.3 Å². The van der Waals surface area contributed by atoms with Crippen LogP contribution in [0.3, 0.4) is 0 Å². The predicted octanol–water partition coefficient (Wildman–Crippen LogP) is 5.16. The molecule has 1 saturated heterocycles. The monoisotopic (exact) mass is 493 g/mol. The first-order valence-electron chi connectivity index (χ1n) is 12.7. The smallest absolute Gasteiger partial charge is 0.321 e. The van der Waals surface area contributed by atoms with Crippen LogP contribution in [-0.2, 0) is 17.9 Å². The number of amides is 3. The van der Waals surface area contributed by atoms with Crippen molar-refractivity contribution in [2.24, 2.45) is 5.92 Å². The van der Waals surface area contributed by atoms with Crippen molar-refractivity contribution >= 4 is 17.6 Å². The second-order valence-corrected chi connectivity index (χ2v) is 9.35. The van der Waals surface area contributed by atoms with Crippen molar-refractivity contribution < 1.29 is 9.59 Å². The average molecular weight is 494 g/mol. The summed E-state index contributed by atoms with van der Waals surface area (Å²) in [5, 5.41) is 10.9. The third-order valence-corrected chi connectivity index (χ3v) is 6.63. The number of urea groups is 1. The summed E-state index contributed by atoms with van der Waals surface area (Å²) in [6.07, 6.45) is 3.57. The predicted molar refractivity (Wildman–Crippen MR) is 145 cm³/mol. The molecule has 0 unspecified atom stereocenters. The van der Waals surface area contributed by atoms with Crippen LogP contribution in [-0.4, -0.2) is 39.7 Å². The third kappa shape index (κ3) is 6.25. The minimum absolute atomic E-state index is 0.0352. The molecule has 1 aliphatic rings. The molecule has 2 N–H and O–H groups in total. The molecule has 0 aliphatic carbocycles. The highest BCUT2D eigenvalue weighted by Crippen LogP contribution is 2.23. The number of rotatable bonds is 7. The maximum atomic E-state index is 13.1. The van der Waals surface area contributed by atoms with Crippen LogP contribution in [0.4, 0.5) is 10.5 Å². The van der Waals surface area contributed by atoms with Gasteiger partial charge in [0.15, 0.2) is 0 Å². The highest BCUT2D eigenvalue weighted by Gasteiger charge is 2.28. The number of para-hydroxylation sites is 1. The Labute approximate surface area is 217 Å². The van der Waals surface area contributed by atoms with E-state index in [-0.39, 0.29) is 17.9 Å². The molecule has 0 radical (unpaired) electrons. The fourth-order valence-electron chi connectivity index (χ4n) is 4.71. The quantitative estimate of drug-likeness (QED) is 0.373. The Morgan fingerprint density at radius 2 is 1.57 bits per heavy atom. The number of anilines is 1. The first kappa shape index (κ1) is 24.3. The highest BCUT2D eigenvalue weighted by molar-refractivity contribution is 5.90. The lowest BCUT2D eigenvalue weighted by Crippen LogP contribution is -2.46. The maximum Gasteiger partial charge on any atom is 0.321 e. The molecule has 188 valence electrons. The minimum atomic E-state index is -0.241. The van der Waals surface area contributed by atoms with Gasteiger partial charge in [-0.1, -0.05) is 78.9 Å². The maximum absolute atomic E-state index is 13.1. The largest absolute Gasteiger partial charge is 0.352 e. The van der Waals surface area contributed by atoms with Crippen LogP contribution in [0.5, 0.6) is 0 Å². The average Bonchev–Trinajstić information content (AvgIpc) is 3.35. The Hall–Kier alpha value is -4.39. The second kappa shape index (κ2) is 11.6. The van der Waals surface area contributed by atoms with Crippen LogP contribution in [0.1, 0.15) is 24.0 Å². The standard InChI is InChI=1S/C30H31N5O2/c36-29(25-15-10-18-34(21-25)30(37)32-27-16-8-3-9-17-27)31-19-26-22-35(20-23-11-4-1-5-12-23)33-28(26)24-13-6-2-7-14-24/h1-9,11-14,16-17,22,25H,10,15,18-21H2,(H,31,36)(H,32,37)/t25-/m1/s1. The van der Waals surface area contributed by atoms with Gasteiger partial charge in [-0.15, -0.1) is 0 Å². The molecule has 5 rings (SSSR count). The van der Waals surface area contributed by atoms with Crippen molar-refractivity contribution in [2.75, 3.05) is 18.4 Å². The number of nitrogens with zero attached hydrogens (tertiary/aromatic N) is 3. The summed E-state index contributed by atoms with van der Waals surface area (Å²) in [6, 6.07) is 29.4. The van der Waals surface area contributed by atoms with E-state index in [2.05, 4.69) is 22.8 Å². The number of hydrogen-bond donors (Lipinski definition) is 2. The SMILES string of the molecule is O=C(NCc1cn(Cc2ccccc2)nc1-c1ccccc1)[C@@H]1CCCN(C(=O)Nc2ccccc2)C1. The van der Waals surface area contributed by atoms with Gasteiger partial charge < -0.3 is 15.5 Å². The fraction of sp³-hybridized carbons (Fsp3) is 0.233. The van der Waals surface area contributed by atoms with Gasteiger partial charge in [-0.3, -0.25) is 9.48 Å². The molecule has 1 atom stereocenters. The van der Waals surface area contributed by atoms with Gasteiger partial charge >= 0.3 is 6.03 Å². The van der Waals surface area contributed by atoms with Gasteiger partial charge in [0.1, 0.15) is 0 Å². The van der Waals surface area contributed by atoms with E-state index in [0.29, 0.717) is 26.2 Å². The van der Waals surface area contributed by atoms with Crippen LogP contribution in [0.25, 0.3) is 11.3 Å². The lowest BCUT2D eigenvalue weighted by atomic mass is 9.97. The third-order valence-electron chi connectivity index (χ3n) is 6.63. The Morgan fingerprint density at radius 3 is 2.30 bits per heavy atom. The summed E-state index contributed by atoms with van der Waals surface area (Å²) < 4.78 is 1.93. The van der Waals surface area contributed by atoms with Gasteiger partial charge in [0.2, 0.25) is 5.91 Å². The van der Waals surface area contributed by atoms with Crippen LogP contribution >= 0.6 is 0 Å². The number of nitrogens with one attached hydrogen (secondary N) is 2. The molecule has 3 aromatic carbocycles. The molecular weight excluding hydrogens is 462 g/mol. The lowest BCUT2D eigenvalue weighted by molar-refractivity contribution is -0.126. The summed E-state index contributed by atoms with van der Waals surface area (Å²) in [6.45, 7) is 2.09. The number of benzene rings is 3. The van der Waals surface area contributed by atoms with Crippen molar-refractivity contribution in [1.29, 1.82) is 0 Å². The van der Waals surface area contributed by atoms with E-state index in [9.17, 15) is 9.59 Å². The molecule has 0 saturated carbocycles. The summed E-state index contributed by atoms with van der Waals surface area (Å²) in [5.74, 6) is -0.276. The number of piperidine rings is 1. The van der Waals surface area contributed by atoms with E-state index in [1.165, 1.54) is 0 Å². The number of hydrogen-bond acceptors (Lipinski definition) is 3. The van der Waals surface area contributed by atoms with Crippen molar-refractivity contribution in [3.63, 3.8) is 0 Å². The fourth-order valence-corrected chi connectivity index (χ4v) is 4.71. The van der Waals surface area contributed by atoms with Crippen LogP contribution in [0.2, 0.25) is 0 Å². The zero-order chi connectivity index (χ0) is 25.5. The molecule has 1 aromatic heterocycles. The zero-order valence-electron chi connectivity index (χ0n) is 20.7. The Kier molecular flexibility index (Phi) is 7.60. The van der Waals surface area contributed by atoms with Gasteiger partial charge in [0.05, 0.1) is 18.2 Å². The van der Waals surface area contributed by atoms with Gasteiger partial charge in [-0.25, -0.2) is 4.79 Å². The summed E-state index contributed by atoms with van der Waals surface area (Å²) in [4.78, 5) is 27.6. The molecule has 2 heterocycles. The van der Waals surface area contributed by atoms with E-state index < -0.39 is 0 Å². The number of likely N-dealkylation sites (tertiary alicyclic amines) is 1. The van der Waals surface area contributed by atoms with Gasteiger partial charge in [-0.05, 0) is 30.5 Å². The molecular formula is C30H31N5O2. The van der Waals surface area contributed by atoms with Crippen LogP contribution < -0.4 is 10.6 Å². The zero-order valence-corrected chi connectivity index (χ0v) is 20.7. The van der Waals surface area contributed by atoms with Crippen molar-refractivity contribution in [3.05, 3.63) is 108 Å². The highest BCUT2D eigenvalue weighted by atomic mass is 16.2. The normalized spacial score (nSPS) is 15.2. The molecule has 37 heavy (non-hydrogen) atoms. The van der Waals surface area contributed by atoms with Crippen LogP contribution in [0.15, 0.2) is 97.2 Å². The van der Waals surface area contributed by atoms with E-state index in [1.807, 2.05) is 89.7 Å². The van der Waals surface area contributed by atoms with Crippen molar-refractivity contribution in [1.82, 2.24) is 20.0 Å². The lowest BCUT2D eigenvalue weighted by Gasteiger charge is -2.32. The van der Waals surface area contributed by atoms with E-state index in [1.54, 1.807) is 4.90 Å². The summed E-state index contributed by atoms with van der Waals surface area (Å²) >= 11 is 0. The molecule has 4 aromatic rings. The summed E-state index contributed by atoms with van der Waals surface area (Å²) in [7, 11) is 0. The van der Waals surface area contributed by atoms with E-state index in [4.69, 9.17) is 5.10 Å². The minimum Gasteiger partial charge on any atom is -0.352 e. The first-order valence-corrected chi connectivity index (χ1v) is 12.7. The van der Waals surface area contributed by atoms with Gasteiger partial charge in [0.25, 0.3) is 0 Å². The Morgan fingerprint density at radius 1 is 0.892 bits per heavy atom. The molecule has 7 heteroatoms. The second-order valence-electron chi connectivity index (χ2n) is 9.35. The number of carbonyl (C=O) groups is 2. The molecule has 1 fully saturated rings. The Balaban J connectivity index is 1.24. The number of carbonyl (C=O) groups excluding carboxylic acids is 2. The van der Waals surface area contributed by atoms with Gasteiger partial charge in [0, 0.05) is 42.6 Å². The van der Waals surface area contributed by atoms with E-state index >= 15 is 0 Å². The van der Waals surface area contributed by atoms with Crippen molar-refractivity contribution in [2.45, 2.75) is 25.9 Å². The van der Waals surface area contributed by atoms with Gasteiger partial charge in [-0.2, -0.15) is 5.10 Å². The number of aromatic nitrogens is 2. The topological polar surface area (TPSA) is 79.3 Å². The molecule has 7 nitrogen and oxygen atoms in total. The Bertz CT molecular complexity index is 1320. The van der Waals surface area contributed by atoms with E-state index in [0.717, 1.165) is 40.9 Å².